The van der Waals surface area contributed by atoms with E-state index in [9.17, 15) is 4.79 Å². The Morgan fingerprint density at radius 3 is 2.35 bits per heavy atom. The van der Waals surface area contributed by atoms with Crippen LogP contribution in [-0.4, -0.2) is 27.4 Å². The molecular weight excluding hydrogens is 230 g/mol. The van der Waals surface area contributed by atoms with E-state index in [1.165, 1.54) is 7.11 Å². The average molecular weight is 251 g/mol. The molecule has 1 aromatic rings. The minimum Gasteiger partial charge on any atom is -0.468 e. The van der Waals surface area contributed by atoms with Gasteiger partial charge in [-0.05, 0) is 12.0 Å². The highest BCUT2D eigenvalue weighted by molar-refractivity contribution is 6.73. The van der Waals surface area contributed by atoms with Crippen LogP contribution in [0, 0.1) is 0 Å². The van der Waals surface area contributed by atoms with Gasteiger partial charge in [0.15, 0.2) is 0 Å². The number of benzene rings is 1. The molecule has 0 aromatic heterocycles. The average Bonchev–Trinajstić information content (AvgIpc) is 2.27. The van der Waals surface area contributed by atoms with E-state index in [-0.39, 0.29) is 12.0 Å². The predicted octanol–water partition coefficient (Wildman–Crippen LogP) is 2.20. The maximum atomic E-state index is 11.7. The molecule has 0 bridgehead atoms. The van der Waals surface area contributed by atoms with E-state index in [0.717, 1.165) is 5.56 Å². The predicted molar refractivity (Wildman–Crippen MR) is 72.4 cm³/mol. The molecular formula is C13H21NO2Si. The summed E-state index contributed by atoms with van der Waals surface area (Å²) in [6.07, 6.45) is 0.678. The van der Waals surface area contributed by atoms with Crippen molar-refractivity contribution in [1.29, 1.82) is 0 Å². The van der Waals surface area contributed by atoms with Crippen LogP contribution in [0.2, 0.25) is 19.6 Å². The minimum absolute atomic E-state index is 0.184. The molecule has 1 N–H and O–H groups in total. The third kappa shape index (κ3) is 5.15. The van der Waals surface area contributed by atoms with Crippen molar-refractivity contribution in [3.05, 3.63) is 35.9 Å². The molecule has 0 aliphatic rings. The second-order valence-electron chi connectivity index (χ2n) is 5.16. The van der Waals surface area contributed by atoms with Crippen LogP contribution in [0.4, 0.5) is 0 Å². The van der Waals surface area contributed by atoms with Gasteiger partial charge in [0, 0.05) is 0 Å². The van der Waals surface area contributed by atoms with Crippen molar-refractivity contribution in [2.45, 2.75) is 32.1 Å². The van der Waals surface area contributed by atoms with Crippen LogP contribution >= 0.6 is 0 Å². The quantitative estimate of drug-likeness (QED) is 0.644. The zero-order valence-electron chi connectivity index (χ0n) is 11.0. The smallest absolute Gasteiger partial charge is 0.322 e. The summed E-state index contributed by atoms with van der Waals surface area (Å²) in [5.74, 6) is -0.184. The fraction of sp³-hybridized carbons (Fsp3) is 0.462. The number of rotatable bonds is 5. The van der Waals surface area contributed by atoms with Crippen LogP contribution in [0.1, 0.15) is 5.56 Å². The molecule has 0 spiro atoms. The SMILES string of the molecule is COC(=O)[C@H](Cc1ccccc1)N[Si](C)(C)C. The zero-order valence-corrected chi connectivity index (χ0v) is 12.0. The van der Waals surface area contributed by atoms with E-state index in [2.05, 4.69) is 24.6 Å². The van der Waals surface area contributed by atoms with Crippen LogP contribution in [0.5, 0.6) is 0 Å². The van der Waals surface area contributed by atoms with Crippen molar-refractivity contribution < 1.29 is 9.53 Å². The van der Waals surface area contributed by atoms with Crippen LogP contribution in [0.15, 0.2) is 30.3 Å². The largest absolute Gasteiger partial charge is 0.468 e. The lowest BCUT2D eigenvalue weighted by molar-refractivity contribution is -0.142. The van der Waals surface area contributed by atoms with Gasteiger partial charge in [-0.2, -0.15) is 0 Å². The van der Waals surface area contributed by atoms with Gasteiger partial charge in [-0.3, -0.25) is 4.79 Å². The van der Waals surface area contributed by atoms with E-state index >= 15 is 0 Å². The molecule has 17 heavy (non-hydrogen) atoms. The van der Waals surface area contributed by atoms with Crippen molar-refractivity contribution >= 4 is 14.2 Å². The van der Waals surface area contributed by atoms with Crippen molar-refractivity contribution in [3.8, 4) is 0 Å². The number of ether oxygens (including phenoxy) is 1. The molecule has 3 nitrogen and oxygen atoms in total. The summed E-state index contributed by atoms with van der Waals surface area (Å²) in [7, 11) is -0.0673. The van der Waals surface area contributed by atoms with Gasteiger partial charge >= 0.3 is 5.97 Å². The van der Waals surface area contributed by atoms with Crippen molar-refractivity contribution in [2.75, 3.05) is 7.11 Å². The highest BCUT2D eigenvalue weighted by Crippen LogP contribution is 2.07. The number of methoxy groups -OCH3 is 1. The summed E-state index contributed by atoms with van der Waals surface area (Å²) >= 11 is 0. The Labute approximate surface area is 104 Å². The minimum atomic E-state index is -1.50. The highest BCUT2D eigenvalue weighted by Gasteiger charge is 2.25. The van der Waals surface area contributed by atoms with Crippen molar-refractivity contribution in [3.63, 3.8) is 0 Å². The number of esters is 1. The first-order chi connectivity index (χ1) is 7.92. The Kier molecular flexibility index (Phi) is 4.90. The number of hydrogen-bond donors (Lipinski definition) is 1. The molecule has 0 fully saturated rings. The normalized spacial score (nSPS) is 13.2. The van der Waals surface area contributed by atoms with Gasteiger partial charge in [0.2, 0.25) is 0 Å². The topological polar surface area (TPSA) is 38.3 Å². The second kappa shape index (κ2) is 5.98. The molecule has 1 atom stereocenters. The first kappa shape index (κ1) is 13.9. The molecule has 0 aliphatic heterocycles. The third-order valence-electron chi connectivity index (χ3n) is 2.38. The monoisotopic (exact) mass is 251 g/mol. The summed E-state index contributed by atoms with van der Waals surface area (Å²) in [6, 6.07) is 9.76. The maximum absolute atomic E-state index is 11.7. The number of carbonyl (C=O) groups excluding carboxylic acids is 1. The molecule has 94 valence electrons. The fourth-order valence-corrected chi connectivity index (χ4v) is 2.97. The van der Waals surface area contributed by atoms with E-state index in [4.69, 9.17) is 4.74 Å². The van der Waals surface area contributed by atoms with Gasteiger partial charge in [-0.1, -0.05) is 50.0 Å². The number of nitrogens with one attached hydrogen (secondary N) is 1. The summed E-state index contributed by atoms with van der Waals surface area (Å²) < 4.78 is 4.85. The van der Waals surface area contributed by atoms with Crippen molar-refractivity contribution in [1.82, 2.24) is 4.98 Å². The standard InChI is InChI=1S/C13H21NO2Si/c1-16-13(15)12(14-17(2,3)4)10-11-8-6-5-7-9-11/h5-9,12,14H,10H2,1-4H3/t12-/m0/s1. The molecule has 0 radical (unpaired) electrons. The molecule has 0 saturated heterocycles. The number of carbonyl (C=O) groups is 1. The van der Waals surface area contributed by atoms with Crippen LogP contribution < -0.4 is 4.98 Å². The van der Waals surface area contributed by atoms with Gasteiger partial charge in [0.1, 0.15) is 14.3 Å². The molecule has 1 rings (SSSR count). The molecule has 4 heteroatoms. The Hall–Kier alpha value is -1.13. The molecule has 1 aromatic carbocycles. The Bertz CT molecular complexity index is 359. The molecule has 0 unspecified atom stereocenters. The second-order valence-corrected chi connectivity index (χ2v) is 9.95. The molecule has 0 aliphatic carbocycles. The van der Waals surface area contributed by atoms with Gasteiger partial charge < -0.3 is 9.72 Å². The lowest BCUT2D eigenvalue weighted by Crippen LogP contribution is -2.52. The van der Waals surface area contributed by atoms with Gasteiger partial charge in [0.25, 0.3) is 0 Å². The summed E-state index contributed by atoms with van der Waals surface area (Å²) in [6.45, 7) is 6.52. The fourth-order valence-electron chi connectivity index (χ4n) is 1.71. The van der Waals surface area contributed by atoms with E-state index in [1.807, 2.05) is 30.3 Å². The molecule has 0 heterocycles. The lowest BCUT2D eigenvalue weighted by atomic mass is 10.1. The number of hydrogen-bond acceptors (Lipinski definition) is 3. The van der Waals surface area contributed by atoms with E-state index in [0.29, 0.717) is 6.42 Å². The van der Waals surface area contributed by atoms with Crippen LogP contribution in [0.25, 0.3) is 0 Å². The first-order valence-electron chi connectivity index (χ1n) is 5.82. The van der Waals surface area contributed by atoms with E-state index < -0.39 is 8.24 Å². The molecule has 0 amide bonds. The first-order valence-corrected chi connectivity index (χ1v) is 9.32. The Morgan fingerprint density at radius 2 is 1.88 bits per heavy atom. The summed E-state index contributed by atoms with van der Waals surface area (Å²) in [5, 5.41) is 0. The van der Waals surface area contributed by atoms with E-state index in [1.54, 1.807) is 0 Å². The van der Waals surface area contributed by atoms with Crippen LogP contribution in [-0.2, 0) is 16.0 Å². The zero-order chi connectivity index (χ0) is 12.9. The van der Waals surface area contributed by atoms with Gasteiger partial charge in [-0.25, -0.2) is 0 Å². The Morgan fingerprint density at radius 1 is 1.29 bits per heavy atom. The Balaban J connectivity index is 2.74. The summed E-state index contributed by atoms with van der Waals surface area (Å²) in [4.78, 5) is 15.2. The third-order valence-corrected chi connectivity index (χ3v) is 3.59. The lowest BCUT2D eigenvalue weighted by Gasteiger charge is -2.25. The summed E-state index contributed by atoms with van der Waals surface area (Å²) in [5.41, 5.74) is 1.15. The highest BCUT2D eigenvalue weighted by atomic mass is 28.3. The van der Waals surface area contributed by atoms with Gasteiger partial charge in [-0.15, -0.1) is 0 Å². The van der Waals surface area contributed by atoms with Crippen molar-refractivity contribution in [2.24, 2.45) is 0 Å². The van der Waals surface area contributed by atoms with Gasteiger partial charge in [0.05, 0.1) is 7.11 Å². The molecule has 0 saturated carbocycles. The van der Waals surface area contributed by atoms with Crippen LogP contribution in [0.3, 0.4) is 0 Å². The maximum Gasteiger partial charge on any atom is 0.322 e.